The van der Waals surface area contributed by atoms with Crippen LogP contribution in [0.5, 0.6) is 5.75 Å². The fourth-order valence-electron chi connectivity index (χ4n) is 2.84. The lowest BCUT2D eigenvalue weighted by molar-refractivity contribution is -0.154. The number of hydrogen-bond acceptors (Lipinski definition) is 5. The minimum absolute atomic E-state index is 0.0830. The van der Waals surface area contributed by atoms with Gasteiger partial charge in [-0.05, 0) is 48.4 Å². The van der Waals surface area contributed by atoms with E-state index in [1.165, 1.54) is 12.1 Å². The Morgan fingerprint density at radius 1 is 0.933 bits per heavy atom. The summed E-state index contributed by atoms with van der Waals surface area (Å²) in [4.78, 5) is 24.8. The molecule has 1 N–H and O–H groups in total. The van der Waals surface area contributed by atoms with E-state index in [9.17, 15) is 31.2 Å². The molecule has 0 spiro atoms. The van der Waals surface area contributed by atoms with Crippen molar-refractivity contribution >= 4 is 21.9 Å². The van der Waals surface area contributed by atoms with Gasteiger partial charge >= 0.3 is 21.5 Å². The highest BCUT2D eigenvalue weighted by molar-refractivity contribution is 7.90. The Morgan fingerprint density at radius 2 is 1.40 bits per heavy atom. The zero-order chi connectivity index (χ0) is 23.8. The highest BCUT2D eigenvalue weighted by Crippen LogP contribution is 2.47. The highest BCUT2D eigenvalue weighted by atomic mass is 32.2. The number of benzene rings is 1. The molecule has 10 heteroatoms. The molecule has 0 aromatic heterocycles. The molecule has 1 unspecified atom stereocenters. The maximum absolute atomic E-state index is 13.0. The Morgan fingerprint density at radius 3 is 1.77 bits per heavy atom. The number of nitrogens with one attached hydrogen (secondary N) is 1. The first kappa shape index (κ1) is 25.9. The fourth-order valence-corrected chi connectivity index (χ4v) is 3.31. The van der Waals surface area contributed by atoms with Gasteiger partial charge < -0.3 is 4.74 Å². The first-order valence-electron chi connectivity index (χ1n) is 9.15. The molecule has 170 valence electrons. The van der Waals surface area contributed by atoms with Gasteiger partial charge in [0.05, 0.1) is 5.41 Å². The van der Waals surface area contributed by atoms with Gasteiger partial charge in [0.25, 0.3) is 5.91 Å². The largest absolute Gasteiger partial charge is 0.516 e. The van der Waals surface area contributed by atoms with Crippen molar-refractivity contribution in [3.8, 4) is 5.75 Å². The van der Waals surface area contributed by atoms with Crippen LogP contribution in [0.2, 0.25) is 0 Å². The van der Waals surface area contributed by atoms with Crippen molar-refractivity contribution in [1.82, 2.24) is 4.72 Å². The van der Waals surface area contributed by atoms with Crippen molar-refractivity contribution < 1.29 is 35.9 Å². The number of rotatable bonds is 5. The number of carbonyl (C=O) groups is 2. The quantitative estimate of drug-likeness (QED) is 0.520. The van der Waals surface area contributed by atoms with Crippen LogP contribution in [-0.4, -0.2) is 25.8 Å². The summed E-state index contributed by atoms with van der Waals surface area (Å²) in [7, 11) is -5.81. The molecular weight excluding hydrogens is 423 g/mol. The van der Waals surface area contributed by atoms with Gasteiger partial charge in [-0.25, -0.2) is 4.72 Å². The summed E-state index contributed by atoms with van der Waals surface area (Å²) >= 11 is 0. The number of amides is 1. The van der Waals surface area contributed by atoms with E-state index in [0.29, 0.717) is 6.42 Å². The zero-order valence-electron chi connectivity index (χ0n) is 18.1. The molecule has 0 heterocycles. The summed E-state index contributed by atoms with van der Waals surface area (Å²) < 4.78 is 65.6. The van der Waals surface area contributed by atoms with Crippen LogP contribution in [-0.2, 0) is 14.8 Å². The molecule has 6 nitrogen and oxygen atoms in total. The molecule has 1 atom stereocenters. The Hall–Kier alpha value is -2.10. The molecule has 0 aliphatic rings. The number of sulfonamides is 1. The van der Waals surface area contributed by atoms with Crippen molar-refractivity contribution in [3.05, 3.63) is 29.8 Å². The molecule has 1 aromatic carbocycles. The number of carbonyl (C=O) groups excluding carboxylic acids is 2. The molecule has 0 aliphatic heterocycles. The Labute approximate surface area is 175 Å². The third kappa shape index (κ3) is 6.20. The Bertz CT molecular complexity index is 894. The number of ether oxygens (including phenoxy) is 1. The van der Waals surface area contributed by atoms with Crippen LogP contribution in [0.3, 0.4) is 0 Å². The summed E-state index contributed by atoms with van der Waals surface area (Å²) in [5.74, 6) is -1.85. The standard InChI is InChI=1S/C20H28F3NO5S/c1-17(2,3)12-19(7,18(4,5)6)16(26)29-14-10-8-13(9-11-14)15(25)24-30(27,28)20(21,22)23/h8-11H,12H2,1-7H3,(H,24,25). The molecule has 0 aliphatic carbocycles. The van der Waals surface area contributed by atoms with E-state index < -0.39 is 38.2 Å². The van der Waals surface area contributed by atoms with Crippen molar-refractivity contribution in [2.24, 2.45) is 16.2 Å². The first-order valence-corrected chi connectivity index (χ1v) is 10.6. The molecule has 1 amide bonds. The van der Waals surface area contributed by atoms with E-state index >= 15 is 0 Å². The van der Waals surface area contributed by atoms with Crippen LogP contribution in [0.1, 0.15) is 65.2 Å². The van der Waals surface area contributed by atoms with Gasteiger partial charge in [-0.3, -0.25) is 9.59 Å². The smallest absolute Gasteiger partial charge is 0.426 e. The molecular formula is C20H28F3NO5S. The summed E-state index contributed by atoms with van der Waals surface area (Å²) in [6.07, 6.45) is 0.540. The average Bonchev–Trinajstić information content (AvgIpc) is 2.51. The third-order valence-electron chi connectivity index (χ3n) is 4.85. The van der Waals surface area contributed by atoms with Crippen molar-refractivity contribution in [3.63, 3.8) is 0 Å². The molecule has 1 aromatic rings. The van der Waals surface area contributed by atoms with Gasteiger partial charge in [-0.1, -0.05) is 41.5 Å². The van der Waals surface area contributed by atoms with Crippen LogP contribution < -0.4 is 9.46 Å². The predicted molar refractivity (Wildman–Crippen MR) is 106 cm³/mol. The lowest BCUT2D eigenvalue weighted by Crippen LogP contribution is -2.45. The number of hydrogen-bond donors (Lipinski definition) is 1. The number of halogens is 3. The van der Waals surface area contributed by atoms with Gasteiger partial charge in [0, 0.05) is 5.56 Å². The van der Waals surface area contributed by atoms with E-state index in [2.05, 4.69) is 0 Å². The summed E-state index contributed by atoms with van der Waals surface area (Å²) in [6.45, 7) is 13.6. The lowest BCUT2D eigenvalue weighted by atomic mass is 9.61. The van der Waals surface area contributed by atoms with Crippen LogP contribution in [0, 0.1) is 16.2 Å². The number of esters is 1. The van der Waals surface area contributed by atoms with Crippen LogP contribution in [0.4, 0.5) is 13.2 Å². The van der Waals surface area contributed by atoms with Crippen molar-refractivity contribution in [2.45, 2.75) is 60.4 Å². The van der Waals surface area contributed by atoms with Gasteiger partial charge in [0.1, 0.15) is 5.75 Å². The normalized spacial score (nSPS) is 15.3. The van der Waals surface area contributed by atoms with Crippen molar-refractivity contribution in [2.75, 3.05) is 0 Å². The third-order valence-corrected chi connectivity index (χ3v) is 5.91. The SMILES string of the molecule is CC(C)(C)CC(C)(C(=O)Oc1ccc(C(=O)NS(=O)(=O)C(F)(F)F)cc1)C(C)(C)C. The Balaban J connectivity index is 3.04. The molecule has 1 rings (SSSR count). The van der Waals surface area contributed by atoms with E-state index in [0.717, 1.165) is 16.9 Å². The minimum atomic E-state index is -5.81. The van der Waals surface area contributed by atoms with Gasteiger partial charge in [0.15, 0.2) is 0 Å². The molecule has 0 radical (unpaired) electrons. The highest BCUT2D eigenvalue weighted by Gasteiger charge is 2.48. The van der Waals surface area contributed by atoms with Gasteiger partial charge in [0.2, 0.25) is 0 Å². The van der Waals surface area contributed by atoms with E-state index in [1.807, 2.05) is 48.5 Å². The maximum atomic E-state index is 13.0. The molecule has 0 fully saturated rings. The zero-order valence-corrected chi connectivity index (χ0v) is 18.9. The molecule has 0 saturated carbocycles. The first-order chi connectivity index (χ1) is 13.2. The summed E-state index contributed by atoms with van der Waals surface area (Å²) in [5.41, 5.74) is -7.38. The van der Waals surface area contributed by atoms with E-state index in [4.69, 9.17) is 4.74 Å². The molecule has 0 saturated heterocycles. The minimum Gasteiger partial charge on any atom is -0.426 e. The lowest BCUT2D eigenvalue weighted by Gasteiger charge is -2.43. The summed E-state index contributed by atoms with van der Waals surface area (Å²) in [5, 5.41) is 0. The fraction of sp³-hybridized carbons (Fsp3) is 0.600. The predicted octanol–water partition coefficient (Wildman–Crippen LogP) is 4.66. The second-order valence-electron chi connectivity index (χ2n) is 9.61. The molecule has 30 heavy (non-hydrogen) atoms. The average molecular weight is 452 g/mol. The van der Waals surface area contributed by atoms with Crippen molar-refractivity contribution in [1.29, 1.82) is 0 Å². The van der Waals surface area contributed by atoms with E-state index in [-0.39, 0.29) is 16.7 Å². The van der Waals surface area contributed by atoms with E-state index in [1.54, 1.807) is 0 Å². The second kappa shape index (κ2) is 8.20. The van der Waals surface area contributed by atoms with Gasteiger partial charge in [-0.2, -0.15) is 21.6 Å². The maximum Gasteiger partial charge on any atom is 0.516 e. The summed E-state index contributed by atoms with van der Waals surface area (Å²) in [6, 6.07) is 4.57. The number of alkyl halides is 3. The van der Waals surface area contributed by atoms with Gasteiger partial charge in [-0.15, -0.1) is 0 Å². The Kier molecular flexibility index (Phi) is 7.09. The topological polar surface area (TPSA) is 89.5 Å². The van der Waals surface area contributed by atoms with Crippen LogP contribution in [0.15, 0.2) is 24.3 Å². The van der Waals surface area contributed by atoms with Crippen LogP contribution >= 0.6 is 0 Å². The molecule has 0 bridgehead atoms. The monoisotopic (exact) mass is 451 g/mol. The second-order valence-corrected chi connectivity index (χ2v) is 11.3. The van der Waals surface area contributed by atoms with Crippen LogP contribution in [0.25, 0.3) is 0 Å².